The number of hydrogen-bond acceptors (Lipinski definition) is 2. The van der Waals surface area contributed by atoms with Gasteiger partial charge >= 0.3 is 6.18 Å². The summed E-state index contributed by atoms with van der Waals surface area (Å²) in [4.78, 5) is 8.64. The largest absolute Gasteiger partial charge is 0.416 e. The Morgan fingerprint density at radius 2 is 1.67 bits per heavy atom. The molecule has 0 radical (unpaired) electrons. The molecule has 2 nitrogen and oxygen atoms in total. The van der Waals surface area contributed by atoms with Crippen molar-refractivity contribution in [3.8, 4) is 11.4 Å². The van der Waals surface area contributed by atoms with Gasteiger partial charge in [-0.3, -0.25) is 4.98 Å². The van der Waals surface area contributed by atoms with Crippen molar-refractivity contribution in [2.75, 3.05) is 0 Å². The Kier molecular flexibility index (Phi) is 3.12. The second kappa shape index (κ2) is 4.84. The molecular formula is C16H11F3N2. The number of benzene rings is 1. The lowest BCUT2D eigenvalue weighted by Crippen LogP contribution is -2.04. The first kappa shape index (κ1) is 13.5. The van der Waals surface area contributed by atoms with E-state index in [2.05, 4.69) is 9.97 Å². The summed E-state index contributed by atoms with van der Waals surface area (Å²) in [5, 5.41) is 0.459. The minimum Gasteiger partial charge on any atom is -0.254 e. The average Bonchev–Trinajstić information content (AvgIpc) is 2.46. The van der Waals surface area contributed by atoms with Crippen LogP contribution >= 0.6 is 0 Å². The monoisotopic (exact) mass is 288 g/mol. The van der Waals surface area contributed by atoms with Crippen molar-refractivity contribution in [1.29, 1.82) is 0 Å². The third-order valence-electron chi connectivity index (χ3n) is 3.19. The predicted octanol–water partition coefficient (Wildman–Crippen LogP) is 4.62. The van der Waals surface area contributed by atoms with Crippen LogP contribution in [0, 0.1) is 6.92 Å². The van der Waals surface area contributed by atoms with Crippen LogP contribution in [-0.2, 0) is 6.18 Å². The number of rotatable bonds is 1. The summed E-state index contributed by atoms with van der Waals surface area (Å²) in [5.41, 5.74) is 2.22. The Balaban J connectivity index is 2.07. The highest BCUT2D eigenvalue weighted by Crippen LogP contribution is 2.31. The Morgan fingerprint density at radius 1 is 0.905 bits per heavy atom. The van der Waals surface area contributed by atoms with Gasteiger partial charge in [0.2, 0.25) is 0 Å². The third kappa shape index (κ3) is 2.72. The molecule has 0 N–H and O–H groups in total. The number of fused-ring (bicyclic) bond motifs is 1. The Morgan fingerprint density at radius 3 is 2.33 bits per heavy atom. The van der Waals surface area contributed by atoms with Crippen LogP contribution in [0.1, 0.15) is 11.1 Å². The van der Waals surface area contributed by atoms with Crippen LogP contribution in [0.25, 0.3) is 22.3 Å². The second-order valence-electron chi connectivity index (χ2n) is 4.82. The second-order valence-corrected chi connectivity index (χ2v) is 4.82. The van der Waals surface area contributed by atoms with Crippen molar-refractivity contribution in [3.05, 3.63) is 59.8 Å². The van der Waals surface area contributed by atoms with E-state index in [9.17, 15) is 13.2 Å². The molecule has 0 bridgehead atoms. The van der Waals surface area contributed by atoms with Crippen molar-refractivity contribution in [2.24, 2.45) is 0 Å². The van der Waals surface area contributed by atoms with Crippen molar-refractivity contribution in [1.82, 2.24) is 9.97 Å². The van der Waals surface area contributed by atoms with Gasteiger partial charge in [-0.1, -0.05) is 12.1 Å². The lowest BCUT2D eigenvalue weighted by atomic mass is 10.1. The van der Waals surface area contributed by atoms with Gasteiger partial charge in [0, 0.05) is 11.6 Å². The Hall–Kier alpha value is -2.43. The molecule has 0 aliphatic rings. The van der Waals surface area contributed by atoms with E-state index in [4.69, 9.17) is 0 Å². The van der Waals surface area contributed by atoms with Gasteiger partial charge in [-0.15, -0.1) is 0 Å². The quantitative estimate of drug-likeness (QED) is 0.652. The van der Waals surface area contributed by atoms with Gasteiger partial charge in [-0.25, -0.2) is 4.98 Å². The van der Waals surface area contributed by atoms with Gasteiger partial charge in [-0.05, 0) is 42.8 Å². The van der Waals surface area contributed by atoms with E-state index in [0.29, 0.717) is 22.3 Å². The van der Waals surface area contributed by atoms with Crippen LogP contribution in [-0.4, -0.2) is 9.97 Å². The van der Waals surface area contributed by atoms with E-state index in [0.717, 1.165) is 17.7 Å². The first-order chi connectivity index (χ1) is 9.93. The number of pyridine rings is 2. The van der Waals surface area contributed by atoms with E-state index in [-0.39, 0.29) is 0 Å². The summed E-state index contributed by atoms with van der Waals surface area (Å²) in [6, 6.07) is 10.6. The van der Waals surface area contributed by atoms with Crippen LogP contribution in [0.3, 0.4) is 0 Å². The van der Waals surface area contributed by atoms with Gasteiger partial charge < -0.3 is 0 Å². The lowest BCUT2D eigenvalue weighted by molar-refractivity contribution is -0.137. The molecule has 0 spiro atoms. The zero-order valence-electron chi connectivity index (χ0n) is 11.1. The van der Waals surface area contributed by atoms with Crippen molar-refractivity contribution < 1.29 is 13.2 Å². The molecule has 0 fully saturated rings. The van der Waals surface area contributed by atoms with Crippen molar-refractivity contribution in [3.63, 3.8) is 0 Å². The Labute approximate surface area is 119 Å². The maximum atomic E-state index is 12.7. The molecule has 1 aromatic carbocycles. The molecule has 106 valence electrons. The lowest BCUT2D eigenvalue weighted by Gasteiger charge is -2.08. The highest BCUT2D eigenvalue weighted by Gasteiger charge is 2.30. The van der Waals surface area contributed by atoms with Crippen LogP contribution < -0.4 is 0 Å². The summed E-state index contributed by atoms with van der Waals surface area (Å²) < 4.78 is 38.0. The zero-order valence-corrected chi connectivity index (χ0v) is 11.1. The van der Waals surface area contributed by atoms with Gasteiger partial charge in [0.1, 0.15) is 0 Å². The minimum atomic E-state index is -4.34. The molecule has 2 aromatic heterocycles. The molecule has 2 heterocycles. The van der Waals surface area contributed by atoms with Gasteiger partial charge in [0.15, 0.2) is 0 Å². The fourth-order valence-corrected chi connectivity index (χ4v) is 2.06. The SMILES string of the molecule is Cc1ccc(-c2ccc3cc(C(F)(F)F)ccc3n2)nc1. The third-order valence-corrected chi connectivity index (χ3v) is 3.19. The van der Waals surface area contributed by atoms with E-state index < -0.39 is 11.7 Å². The molecule has 0 atom stereocenters. The van der Waals surface area contributed by atoms with Crippen molar-refractivity contribution >= 4 is 10.9 Å². The van der Waals surface area contributed by atoms with E-state index in [1.54, 1.807) is 18.3 Å². The number of halogens is 3. The van der Waals surface area contributed by atoms with Crippen LogP contribution in [0.2, 0.25) is 0 Å². The number of hydrogen-bond donors (Lipinski definition) is 0. The van der Waals surface area contributed by atoms with Crippen LogP contribution in [0.4, 0.5) is 13.2 Å². The summed E-state index contributed by atoms with van der Waals surface area (Å²) in [6.07, 6.45) is -2.61. The summed E-state index contributed by atoms with van der Waals surface area (Å²) in [5.74, 6) is 0. The molecule has 0 unspecified atom stereocenters. The van der Waals surface area contributed by atoms with Crippen LogP contribution in [0.5, 0.6) is 0 Å². The van der Waals surface area contributed by atoms with Gasteiger partial charge in [-0.2, -0.15) is 13.2 Å². The number of aromatic nitrogens is 2. The molecule has 0 aliphatic carbocycles. The molecule has 0 amide bonds. The van der Waals surface area contributed by atoms with Crippen molar-refractivity contribution in [2.45, 2.75) is 13.1 Å². The fourth-order valence-electron chi connectivity index (χ4n) is 2.06. The highest BCUT2D eigenvalue weighted by atomic mass is 19.4. The Bertz CT molecular complexity index is 793. The molecule has 3 aromatic rings. The molecule has 0 saturated heterocycles. The molecule has 0 aliphatic heterocycles. The van der Waals surface area contributed by atoms with E-state index in [1.165, 1.54) is 6.07 Å². The summed E-state index contributed by atoms with van der Waals surface area (Å²) in [6.45, 7) is 1.93. The number of nitrogens with zero attached hydrogens (tertiary/aromatic N) is 2. The van der Waals surface area contributed by atoms with Gasteiger partial charge in [0.05, 0.1) is 22.5 Å². The van der Waals surface area contributed by atoms with Gasteiger partial charge in [0.25, 0.3) is 0 Å². The number of aryl methyl sites for hydroxylation is 1. The van der Waals surface area contributed by atoms with E-state index >= 15 is 0 Å². The smallest absolute Gasteiger partial charge is 0.254 e. The average molecular weight is 288 g/mol. The minimum absolute atomic E-state index is 0.459. The summed E-state index contributed by atoms with van der Waals surface area (Å²) in [7, 11) is 0. The first-order valence-corrected chi connectivity index (χ1v) is 6.34. The predicted molar refractivity (Wildman–Crippen MR) is 74.7 cm³/mol. The fraction of sp³-hybridized carbons (Fsp3) is 0.125. The maximum absolute atomic E-state index is 12.7. The molecular weight excluding hydrogens is 277 g/mol. The number of alkyl halides is 3. The zero-order chi connectivity index (χ0) is 15.0. The van der Waals surface area contributed by atoms with E-state index in [1.807, 2.05) is 19.1 Å². The normalized spacial score (nSPS) is 11.8. The maximum Gasteiger partial charge on any atom is 0.416 e. The molecule has 5 heteroatoms. The first-order valence-electron chi connectivity index (χ1n) is 6.34. The molecule has 0 saturated carbocycles. The topological polar surface area (TPSA) is 25.8 Å². The van der Waals surface area contributed by atoms with Crippen LogP contribution in [0.15, 0.2) is 48.7 Å². The molecule has 21 heavy (non-hydrogen) atoms. The standard InChI is InChI=1S/C16H11F3N2/c1-10-2-5-14(20-9-10)15-6-3-11-8-12(16(17,18)19)4-7-13(11)21-15/h2-9H,1H3. The summed E-state index contributed by atoms with van der Waals surface area (Å²) >= 11 is 0. The highest BCUT2D eigenvalue weighted by molar-refractivity contribution is 5.81. The molecule has 3 rings (SSSR count).